The Labute approximate surface area is 203 Å². The summed E-state index contributed by atoms with van der Waals surface area (Å²) in [7, 11) is 0. The number of aliphatic hydroxyl groups is 2. The standard InChI is InChI=1S/C26H32O9/c1-22(2)14-8-16(29)25(5)18(24(14,4)15(28)9-17(30)34-22)13(27)10-23(3)19(12-6-7-32-11-12)33-21(31)20-26(23,25)35-20/h6-7,11,13-15,18-20,27-28H,8-10H2,1-5H3. The van der Waals surface area contributed by atoms with E-state index in [4.69, 9.17) is 18.6 Å². The number of carbonyl (C=O) groups is 3. The number of hydrogen-bond acceptors (Lipinski definition) is 9. The van der Waals surface area contributed by atoms with Crippen molar-refractivity contribution in [2.45, 2.75) is 89.5 Å². The van der Waals surface area contributed by atoms with Gasteiger partial charge in [-0.3, -0.25) is 9.59 Å². The highest BCUT2D eigenvalue weighted by atomic mass is 16.7. The second-order valence-corrected chi connectivity index (χ2v) is 12.3. The van der Waals surface area contributed by atoms with Crippen LogP contribution in [0.1, 0.15) is 65.5 Å². The highest BCUT2D eigenvalue weighted by Crippen LogP contribution is 2.78. The van der Waals surface area contributed by atoms with E-state index in [0.717, 1.165) is 0 Å². The smallest absolute Gasteiger partial charge is 0.339 e. The van der Waals surface area contributed by atoms with Crippen LogP contribution in [0.3, 0.4) is 0 Å². The van der Waals surface area contributed by atoms with Crippen LogP contribution in [0.4, 0.5) is 0 Å². The number of hydrogen-bond donors (Lipinski definition) is 2. The summed E-state index contributed by atoms with van der Waals surface area (Å²) in [6, 6.07) is 1.71. The average molecular weight is 489 g/mol. The van der Waals surface area contributed by atoms with Crippen LogP contribution in [0.25, 0.3) is 0 Å². The number of cyclic esters (lactones) is 2. The number of fused-ring (bicyclic) bond motifs is 3. The van der Waals surface area contributed by atoms with Gasteiger partial charge in [-0.2, -0.15) is 0 Å². The average Bonchev–Trinajstić information content (AvgIpc) is 3.34. The molecule has 1 aromatic rings. The minimum atomic E-state index is -1.32. The number of epoxide rings is 1. The van der Waals surface area contributed by atoms with Gasteiger partial charge in [-0.15, -0.1) is 0 Å². The molecule has 0 bridgehead atoms. The van der Waals surface area contributed by atoms with Gasteiger partial charge in [0.15, 0.2) is 6.10 Å². The first-order valence-electron chi connectivity index (χ1n) is 12.3. The topological polar surface area (TPSA) is 136 Å². The van der Waals surface area contributed by atoms with Crippen LogP contribution in [0.5, 0.6) is 0 Å². The summed E-state index contributed by atoms with van der Waals surface area (Å²) in [5.74, 6) is -2.57. The highest BCUT2D eigenvalue weighted by molar-refractivity contribution is 5.93. The summed E-state index contributed by atoms with van der Waals surface area (Å²) in [5, 5.41) is 23.3. The normalized spacial score (nSPS) is 52.1. The van der Waals surface area contributed by atoms with Crippen molar-refractivity contribution in [1.29, 1.82) is 0 Å². The quantitative estimate of drug-likeness (QED) is 0.450. The maximum Gasteiger partial charge on any atom is 0.339 e. The van der Waals surface area contributed by atoms with Crippen molar-refractivity contribution in [1.82, 2.24) is 0 Å². The number of ketones is 1. The minimum Gasteiger partial charge on any atom is -0.472 e. The first-order chi connectivity index (χ1) is 16.2. The summed E-state index contributed by atoms with van der Waals surface area (Å²) in [4.78, 5) is 39.9. The van der Waals surface area contributed by atoms with E-state index < -0.39 is 75.6 Å². The van der Waals surface area contributed by atoms with Gasteiger partial charge in [-0.05, 0) is 33.3 Å². The van der Waals surface area contributed by atoms with E-state index in [2.05, 4.69) is 0 Å². The number of rotatable bonds is 1. The van der Waals surface area contributed by atoms with Crippen molar-refractivity contribution in [2.24, 2.45) is 28.1 Å². The van der Waals surface area contributed by atoms with Gasteiger partial charge in [-0.25, -0.2) is 4.79 Å². The molecule has 0 amide bonds. The number of ether oxygens (including phenoxy) is 3. The van der Waals surface area contributed by atoms with Crippen LogP contribution in [0.2, 0.25) is 0 Å². The van der Waals surface area contributed by atoms with E-state index in [1.165, 1.54) is 12.5 Å². The lowest BCUT2D eigenvalue weighted by molar-refractivity contribution is -0.257. The second kappa shape index (κ2) is 6.55. The van der Waals surface area contributed by atoms with Crippen molar-refractivity contribution in [2.75, 3.05) is 0 Å². The second-order valence-electron chi connectivity index (χ2n) is 12.3. The predicted octanol–water partition coefficient (Wildman–Crippen LogP) is 2.09. The largest absolute Gasteiger partial charge is 0.472 e. The summed E-state index contributed by atoms with van der Waals surface area (Å²) in [5.41, 5.74) is -4.94. The van der Waals surface area contributed by atoms with Crippen LogP contribution in [-0.4, -0.2) is 57.4 Å². The molecule has 1 aromatic heterocycles. The third kappa shape index (κ3) is 2.42. The zero-order valence-electron chi connectivity index (χ0n) is 20.6. The van der Waals surface area contributed by atoms with Crippen LogP contribution >= 0.6 is 0 Å². The Balaban J connectivity index is 1.56. The number of aliphatic hydroxyl groups excluding tert-OH is 2. The molecule has 190 valence electrons. The lowest BCUT2D eigenvalue weighted by Gasteiger charge is -2.67. The van der Waals surface area contributed by atoms with E-state index in [-0.39, 0.29) is 25.0 Å². The molecule has 3 aliphatic heterocycles. The van der Waals surface area contributed by atoms with E-state index in [1.54, 1.807) is 26.8 Å². The highest BCUT2D eigenvalue weighted by Gasteiger charge is 2.90. The Bertz CT molecular complexity index is 1130. The van der Waals surface area contributed by atoms with Crippen molar-refractivity contribution >= 4 is 17.7 Å². The van der Waals surface area contributed by atoms with Crippen molar-refractivity contribution in [3.63, 3.8) is 0 Å². The fourth-order valence-electron chi connectivity index (χ4n) is 9.05. The molecule has 0 aromatic carbocycles. The Morgan fingerprint density at radius 2 is 1.71 bits per heavy atom. The fourth-order valence-corrected chi connectivity index (χ4v) is 9.05. The fraction of sp³-hybridized carbons (Fsp3) is 0.731. The van der Waals surface area contributed by atoms with Crippen molar-refractivity contribution in [3.05, 3.63) is 24.2 Å². The number of Topliss-reactive ketones (excluding diaryl/α,β-unsaturated/α-hetero) is 1. The van der Waals surface area contributed by atoms with E-state index in [9.17, 15) is 24.6 Å². The maximum atomic E-state index is 14.2. The Kier molecular flexibility index (Phi) is 4.34. The van der Waals surface area contributed by atoms with Gasteiger partial charge in [0.25, 0.3) is 0 Å². The SMILES string of the molecule is CC1(C)OC(=O)CC(O)C2(C)C1CC(=O)C1(C)C2C(O)CC2(C)C(c3ccoc3)OC(=O)C3OC321. The van der Waals surface area contributed by atoms with Gasteiger partial charge in [0.2, 0.25) is 0 Å². The molecular formula is C26H32O9. The predicted molar refractivity (Wildman–Crippen MR) is 117 cm³/mol. The van der Waals surface area contributed by atoms with E-state index >= 15 is 0 Å². The van der Waals surface area contributed by atoms with Crippen molar-refractivity contribution in [3.8, 4) is 0 Å². The lowest BCUT2D eigenvalue weighted by atomic mass is 9.36. The first-order valence-corrected chi connectivity index (χ1v) is 12.3. The molecular weight excluding hydrogens is 456 g/mol. The number of furan rings is 1. The molecule has 2 aliphatic carbocycles. The van der Waals surface area contributed by atoms with E-state index in [0.29, 0.717) is 5.56 Å². The Morgan fingerprint density at radius 3 is 2.37 bits per heavy atom. The first kappa shape index (κ1) is 23.2. The van der Waals surface area contributed by atoms with Crippen LogP contribution in [-0.2, 0) is 28.6 Å². The molecule has 2 saturated carbocycles. The summed E-state index contributed by atoms with van der Waals surface area (Å²) >= 11 is 0. The Hall–Kier alpha value is -2.23. The summed E-state index contributed by atoms with van der Waals surface area (Å²) in [6.45, 7) is 9.01. The lowest BCUT2D eigenvalue weighted by Crippen LogP contribution is -2.75. The van der Waals surface area contributed by atoms with Crippen LogP contribution < -0.4 is 0 Å². The monoisotopic (exact) mass is 488 g/mol. The molecule has 9 heteroatoms. The number of carbonyl (C=O) groups excluding carboxylic acids is 3. The minimum absolute atomic E-state index is 0.0207. The van der Waals surface area contributed by atoms with Gasteiger partial charge in [0.1, 0.15) is 23.1 Å². The summed E-state index contributed by atoms with van der Waals surface area (Å²) < 4.78 is 23.0. The summed E-state index contributed by atoms with van der Waals surface area (Å²) in [6.07, 6.45) is -0.973. The van der Waals surface area contributed by atoms with Gasteiger partial charge in [0.05, 0.1) is 36.6 Å². The molecule has 5 aliphatic rings. The van der Waals surface area contributed by atoms with Crippen molar-refractivity contribution < 1.29 is 43.2 Å². The molecule has 10 unspecified atom stereocenters. The molecule has 4 heterocycles. The molecule has 3 saturated heterocycles. The zero-order valence-corrected chi connectivity index (χ0v) is 20.6. The van der Waals surface area contributed by atoms with Gasteiger partial charge >= 0.3 is 11.9 Å². The molecule has 2 N–H and O–H groups in total. The molecule has 1 spiro atoms. The van der Waals surface area contributed by atoms with Gasteiger partial charge < -0.3 is 28.8 Å². The number of esters is 2. The molecule has 5 fully saturated rings. The maximum absolute atomic E-state index is 14.2. The molecule has 9 nitrogen and oxygen atoms in total. The van der Waals surface area contributed by atoms with Gasteiger partial charge in [-0.1, -0.05) is 13.8 Å². The third-order valence-corrected chi connectivity index (χ3v) is 10.4. The molecule has 0 radical (unpaired) electrons. The van der Waals surface area contributed by atoms with Crippen LogP contribution in [0.15, 0.2) is 23.0 Å². The third-order valence-electron chi connectivity index (χ3n) is 10.4. The molecule has 10 atom stereocenters. The van der Waals surface area contributed by atoms with E-state index in [1.807, 2.05) is 13.8 Å². The van der Waals surface area contributed by atoms with Gasteiger partial charge in [0, 0.05) is 34.7 Å². The zero-order chi connectivity index (χ0) is 25.3. The molecule has 6 rings (SSSR count). The molecule has 35 heavy (non-hydrogen) atoms. The Morgan fingerprint density at radius 1 is 1.00 bits per heavy atom. The van der Waals surface area contributed by atoms with Crippen LogP contribution in [0, 0.1) is 28.1 Å².